The Morgan fingerprint density at radius 1 is 1.39 bits per heavy atom. The van der Waals surface area contributed by atoms with Crippen molar-refractivity contribution in [1.82, 2.24) is 0 Å². The van der Waals surface area contributed by atoms with Crippen LogP contribution in [0, 0.1) is 11.2 Å². The fourth-order valence-electron chi connectivity index (χ4n) is 2.86. The quantitative estimate of drug-likeness (QED) is 0.869. The highest BCUT2D eigenvalue weighted by Crippen LogP contribution is 2.56. The van der Waals surface area contributed by atoms with E-state index in [4.69, 9.17) is 5.73 Å². The van der Waals surface area contributed by atoms with Crippen molar-refractivity contribution < 1.29 is 4.39 Å². The number of anilines is 1. The monoisotopic (exact) mass is 250 g/mol. The zero-order valence-electron chi connectivity index (χ0n) is 11.5. The minimum atomic E-state index is -0.177. The van der Waals surface area contributed by atoms with Crippen LogP contribution >= 0.6 is 0 Å². The van der Waals surface area contributed by atoms with Gasteiger partial charge in [0, 0.05) is 13.1 Å². The molecule has 2 rings (SSSR count). The van der Waals surface area contributed by atoms with E-state index in [1.54, 1.807) is 6.07 Å². The molecule has 1 atom stereocenters. The van der Waals surface area contributed by atoms with Crippen molar-refractivity contribution in [2.75, 3.05) is 18.0 Å². The molecule has 1 fully saturated rings. The van der Waals surface area contributed by atoms with Crippen molar-refractivity contribution in [3.63, 3.8) is 0 Å². The molecule has 0 bridgehead atoms. The first kappa shape index (κ1) is 13.3. The van der Waals surface area contributed by atoms with E-state index in [1.165, 1.54) is 18.9 Å². The summed E-state index contributed by atoms with van der Waals surface area (Å²) >= 11 is 0. The molecular formula is C15H23FN2. The second-order valence-electron chi connectivity index (χ2n) is 5.73. The Morgan fingerprint density at radius 3 is 2.44 bits per heavy atom. The van der Waals surface area contributed by atoms with E-state index in [0.717, 1.165) is 6.54 Å². The molecule has 0 radical (unpaired) electrons. The van der Waals surface area contributed by atoms with E-state index >= 15 is 0 Å². The van der Waals surface area contributed by atoms with Crippen molar-refractivity contribution in [3.8, 4) is 0 Å². The van der Waals surface area contributed by atoms with Crippen LogP contribution in [0.25, 0.3) is 0 Å². The first-order valence-electron chi connectivity index (χ1n) is 6.71. The topological polar surface area (TPSA) is 29.3 Å². The summed E-state index contributed by atoms with van der Waals surface area (Å²) in [4.78, 5) is 2.13. The molecule has 1 aromatic rings. The highest BCUT2D eigenvalue weighted by Gasteiger charge is 2.55. The Bertz CT molecular complexity index is 428. The van der Waals surface area contributed by atoms with Crippen LogP contribution in [0.1, 0.15) is 33.6 Å². The van der Waals surface area contributed by atoms with E-state index in [0.29, 0.717) is 12.2 Å². The maximum atomic E-state index is 14.0. The highest BCUT2D eigenvalue weighted by molar-refractivity contribution is 5.51. The van der Waals surface area contributed by atoms with Crippen LogP contribution in [0.3, 0.4) is 0 Å². The lowest BCUT2D eigenvalue weighted by Gasteiger charge is -2.46. The van der Waals surface area contributed by atoms with Crippen LogP contribution in [0.5, 0.6) is 0 Å². The number of hydrogen-bond acceptors (Lipinski definition) is 2. The maximum Gasteiger partial charge on any atom is 0.146 e. The van der Waals surface area contributed by atoms with E-state index in [-0.39, 0.29) is 16.8 Å². The summed E-state index contributed by atoms with van der Waals surface area (Å²) in [6.07, 6.45) is 2.34. The Morgan fingerprint density at radius 2 is 2.00 bits per heavy atom. The zero-order chi connectivity index (χ0) is 13.4. The van der Waals surface area contributed by atoms with Crippen molar-refractivity contribution in [3.05, 3.63) is 30.1 Å². The molecule has 0 saturated heterocycles. The molecule has 2 N–H and O–H groups in total. The van der Waals surface area contributed by atoms with Crippen LogP contribution in [0.15, 0.2) is 24.3 Å². The third-order valence-corrected chi connectivity index (χ3v) is 4.75. The summed E-state index contributed by atoms with van der Waals surface area (Å²) in [5, 5.41) is 0. The number of likely N-dealkylation sites (N-methyl/N-ethyl adjacent to an activating group) is 1. The summed E-state index contributed by atoms with van der Waals surface area (Å²) in [6, 6.07) is 6.97. The van der Waals surface area contributed by atoms with Gasteiger partial charge in [-0.3, -0.25) is 0 Å². The van der Waals surface area contributed by atoms with Crippen molar-refractivity contribution >= 4 is 5.69 Å². The van der Waals surface area contributed by atoms with Crippen LogP contribution in [-0.2, 0) is 0 Å². The van der Waals surface area contributed by atoms with Gasteiger partial charge in [-0.25, -0.2) is 4.39 Å². The molecule has 1 aromatic carbocycles. The summed E-state index contributed by atoms with van der Waals surface area (Å²) in [7, 11) is 0. The summed E-state index contributed by atoms with van der Waals surface area (Å²) in [5.41, 5.74) is 6.73. The molecule has 3 heteroatoms. The van der Waals surface area contributed by atoms with Gasteiger partial charge in [-0.05, 0) is 44.2 Å². The molecule has 0 aliphatic heterocycles. The molecular weight excluding hydrogens is 227 g/mol. The van der Waals surface area contributed by atoms with Gasteiger partial charge < -0.3 is 10.6 Å². The highest BCUT2D eigenvalue weighted by atomic mass is 19.1. The minimum Gasteiger partial charge on any atom is -0.362 e. The fraction of sp³-hybridized carbons (Fsp3) is 0.600. The van der Waals surface area contributed by atoms with E-state index in [9.17, 15) is 4.39 Å². The van der Waals surface area contributed by atoms with Gasteiger partial charge in [-0.1, -0.05) is 19.1 Å². The van der Waals surface area contributed by atoms with Crippen LogP contribution < -0.4 is 10.6 Å². The molecule has 0 aromatic heterocycles. The summed E-state index contributed by atoms with van der Waals surface area (Å²) < 4.78 is 14.0. The largest absolute Gasteiger partial charge is 0.362 e. The Balaban J connectivity index is 2.42. The van der Waals surface area contributed by atoms with E-state index in [1.807, 2.05) is 12.1 Å². The second-order valence-corrected chi connectivity index (χ2v) is 5.73. The second kappa shape index (κ2) is 4.54. The molecule has 1 aliphatic carbocycles. The molecule has 100 valence electrons. The normalized spacial score (nSPS) is 20.3. The average Bonchev–Trinajstić information content (AvgIpc) is 3.12. The van der Waals surface area contributed by atoms with Gasteiger partial charge in [-0.2, -0.15) is 0 Å². The Labute approximate surface area is 109 Å². The lowest BCUT2D eigenvalue weighted by atomic mass is 9.81. The number of para-hydroxylation sites is 1. The molecule has 0 heterocycles. The standard InChI is InChI=1S/C15H23FN2/c1-4-18(13-8-6-5-7-12(13)16)15(3,11-17)14(2)9-10-14/h5-8H,4,9-11,17H2,1-3H3. The predicted molar refractivity (Wildman–Crippen MR) is 74.2 cm³/mol. The van der Waals surface area contributed by atoms with Crippen molar-refractivity contribution in [2.24, 2.45) is 11.1 Å². The maximum absolute atomic E-state index is 14.0. The molecule has 1 aliphatic rings. The number of halogens is 1. The SMILES string of the molecule is CCN(c1ccccc1F)C(C)(CN)C1(C)CC1. The summed E-state index contributed by atoms with van der Waals surface area (Å²) in [6.45, 7) is 7.79. The smallest absolute Gasteiger partial charge is 0.146 e. The number of rotatable bonds is 5. The van der Waals surface area contributed by atoms with Gasteiger partial charge in [0.1, 0.15) is 5.82 Å². The van der Waals surface area contributed by atoms with E-state index in [2.05, 4.69) is 25.7 Å². The number of benzene rings is 1. The fourth-order valence-corrected chi connectivity index (χ4v) is 2.86. The molecule has 1 saturated carbocycles. The molecule has 0 amide bonds. The predicted octanol–water partition coefficient (Wildman–Crippen LogP) is 3.17. The lowest BCUT2D eigenvalue weighted by Crippen LogP contribution is -2.57. The molecule has 0 spiro atoms. The van der Waals surface area contributed by atoms with Crippen LogP contribution in [0.2, 0.25) is 0 Å². The van der Waals surface area contributed by atoms with Crippen LogP contribution in [-0.4, -0.2) is 18.6 Å². The van der Waals surface area contributed by atoms with Crippen molar-refractivity contribution in [2.45, 2.75) is 39.2 Å². The number of nitrogens with two attached hydrogens (primary N) is 1. The summed E-state index contributed by atoms with van der Waals surface area (Å²) in [5.74, 6) is -0.164. The Kier molecular flexibility index (Phi) is 3.37. The Hall–Kier alpha value is -1.09. The average molecular weight is 250 g/mol. The molecule has 2 nitrogen and oxygen atoms in total. The minimum absolute atomic E-state index is 0.164. The number of nitrogens with zero attached hydrogens (tertiary/aromatic N) is 1. The van der Waals surface area contributed by atoms with Gasteiger partial charge >= 0.3 is 0 Å². The van der Waals surface area contributed by atoms with Gasteiger partial charge in [0.05, 0.1) is 11.2 Å². The third-order valence-electron chi connectivity index (χ3n) is 4.75. The van der Waals surface area contributed by atoms with E-state index < -0.39 is 0 Å². The first-order chi connectivity index (χ1) is 8.48. The molecule has 18 heavy (non-hydrogen) atoms. The van der Waals surface area contributed by atoms with Gasteiger partial charge in [-0.15, -0.1) is 0 Å². The van der Waals surface area contributed by atoms with Gasteiger partial charge in [0.15, 0.2) is 0 Å². The molecule has 1 unspecified atom stereocenters. The number of hydrogen-bond donors (Lipinski definition) is 1. The van der Waals surface area contributed by atoms with Crippen LogP contribution in [0.4, 0.5) is 10.1 Å². The lowest BCUT2D eigenvalue weighted by molar-refractivity contribution is 0.278. The van der Waals surface area contributed by atoms with Crippen molar-refractivity contribution in [1.29, 1.82) is 0 Å². The van der Waals surface area contributed by atoms with Gasteiger partial charge in [0.2, 0.25) is 0 Å². The first-order valence-corrected chi connectivity index (χ1v) is 6.71. The van der Waals surface area contributed by atoms with Gasteiger partial charge in [0.25, 0.3) is 0 Å². The third kappa shape index (κ3) is 1.91. The zero-order valence-corrected chi connectivity index (χ0v) is 11.5.